The van der Waals surface area contributed by atoms with Crippen molar-refractivity contribution in [2.75, 3.05) is 12.3 Å². The number of hydrogen-bond donors (Lipinski definition) is 4. The molecule has 1 aliphatic rings. The summed E-state index contributed by atoms with van der Waals surface area (Å²) in [6.07, 6.45) is -2.72. The molecule has 8 nitrogen and oxygen atoms in total. The van der Waals surface area contributed by atoms with Gasteiger partial charge < -0.3 is 25.8 Å². The summed E-state index contributed by atoms with van der Waals surface area (Å²) in [6.45, 7) is 0.826. The van der Waals surface area contributed by atoms with Gasteiger partial charge in [-0.05, 0) is 12.5 Å². The monoisotopic (exact) mass is 289 g/mol. The molecule has 4 atom stereocenters. The summed E-state index contributed by atoms with van der Waals surface area (Å²) in [4.78, 5) is 15.1. The van der Waals surface area contributed by atoms with Gasteiger partial charge >= 0.3 is 5.69 Å². The molecule has 1 fully saturated rings. The Morgan fingerprint density at radius 2 is 2.30 bits per heavy atom. The van der Waals surface area contributed by atoms with Crippen LogP contribution >= 0.6 is 0 Å². The molecule has 1 aromatic heterocycles. The fourth-order valence-corrected chi connectivity index (χ4v) is 2.24. The van der Waals surface area contributed by atoms with Gasteiger partial charge in [-0.2, -0.15) is 4.98 Å². The fourth-order valence-electron chi connectivity index (χ4n) is 2.24. The number of rotatable bonds is 3. The van der Waals surface area contributed by atoms with Crippen molar-refractivity contribution in [3.63, 3.8) is 0 Å². The maximum Gasteiger partial charge on any atom is 0.351 e. The highest BCUT2D eigenvalue weighted by Gasteiger charge is 2.64. The van der Waals surface area contributed by atoms with Gasteiger partial charge in [-0.15, -0.1) is 0 Å². The van der Waals surface area contributed by atoms with Gasteiger partial charge in [-0.3, -0.25) is 4.57 Å². The Kier molecular flexibility index (Phi) is 3.54. The normalized spacial score (nSPS) is 37.2. The predicted molar refractivity (Wildman–Crippen MR) is 65.2 cm³/mol. The topological polar surface area (TPSA) is 131 Å². The fraction of sp³-hybridized carbons (Fsp3) is 0.636. The van der Waals surface area contributed by atoms with Crippen molar-refractivity contribution in [3.05, 3.63) is 22.7 Å². The van der Waals surface area contributed by atoms with Gasteiger partial charge in [-0.1, -0.05) is 6.92 Å². The highest BCUT2D eigenvalue weighted by molar-refractivity contribution is 5.24. The summed E-state index contributed by atoms with van der Waals surface area (Å²) in [6, 6.07) is 1.22. The van der Waals surface area contributed by atoms with Crippen LogP contribution < -0.4 is 11.4 Å². The van der Waals surface area contributed by atoms with Crippen LogP contribution in [0.15, 0.2) is 17.1 Å². The number of ether oxygens (including phenoxy) is 1. The van der Waals surface area contributed by atoms with Crippen molar-refractivity contribution < 1.29 is 24.4 Å². The van der Waals surface area contributed by atoms with Crippen LogP contribution in [0.25, 0.3) is 0 Å². The largest absolute Gasteiger partial charge is 0.393 e. The van der Waals surface area contributed by atoms with Crippen molar-refractivity contribution in [2.24, 2.45) is 0 Å². The smallest absolute Gasteiger partial charge is 0.351 e. The van der Waals surface area contributed by atoms with E-state index >= 15 is 0 Å². The Labute approximate surface area is 113 Å². The van der Waals surface area contributed by atoms with E-state index in [1.165, 1.54) is 6.07 Å². The molecule has 20 heavy (non-hydrogen) atoms. The van der Waals surface area contributed by atoms with Crippen LogP contribution in [0.3, 0.4) is 0 Å². The molecule has 0 aliphatic carbocycles. The lowest BCUT2D eigenvalue weighted by molar-refractivity contribution is -0.197. The minimum Gasteiger partial charge on any atom is -0.393 e. The lowest BCUT2D eigenvalue weighted by Gasteiger charge is -2.28. The van der Waals surface area contributed by atoms with Crippen molar-refractivity contribution in [2.45, 2.75) is 37.1 Å². The standard InChI is InChI=1S/C11H16FN3O5/c1-2-10(5-16)7(17)11(12,19)8(20-10)15-4-3-6(13)14-9(15)18/h3-4,7-8,16-17,19H,2,5H2,1H3,(H2,13,14,18)/t7-,8-,10-,11-/m1/s1. The van der Waals surface area contributed by atoms with E-state index < -0.39 is 36.1 Å². The van der Waals surface area contributed by atoms with Crippen LogP contribution in [-0.4, -0.2) is 49.0 Å². The molecule has 0 unspecified atom stereocenters. The van der Waals surface area contributed by atoms with Gasteiger partial charge in [0.25, 0.3) is 5.85 Å². The molecule has 0 aromatic carbocycles. The Morgan fingerprint density at radius 3 is 2.75 bits per heavy atom. The first-order chi connectivity index (χ1) is 9.28. The number of nitrogens with zero attached hydrogens (tertiary/aromatic N) is 2. The van der Waals surface area contributed by atoms with Gasteiger partial charge in [0, 0.05) is 6.20 Å². The van der Waals surface area contributed by atoms with E-state index in [1.54, 1.807) is 6.92 Å². The second-order valence-corrected chi connectivity index (χ2v) is 4.72. The average Bonchev–Trinajstić information content (AvgIpc) is 2.60. The molecule has 0 saturated carbocycles. The summed E-state index contributed by atoms with van der Waals surface area (Å²) in [7, 11) is 0. The summed E-state index contributed by atoms with van der Waals surface area (Å²) in [5.41, 5.74) is 2.67. The Morgan fingerprint density at radius 1 is 1.65 bits per heavy atom. The summed E-state index contributed by atoms with van der Waals surface area (Å²) in [5.74, 6) is -3.32. The van der Waals surface area contributed by atoms with E-state index in [9.17, 15) is 24.5 Å². The Balaban J connectivity index is 2.50. The average molecular weight is 289 g/mol. The molecular formula is C11H16FN3O5. The van der Waals surface area contributed by atoms with Crippen LogP contribution in [0.5, 0.6) is 0 Å². The Bertz CT molecular complexity index is 557. The third-order valence-electron chi connectivity index (χ3n) is 3.54. The molecule has 0 radical (unpaired) electrons. The van der Waals surface area contributed by atoms with Gasteiger partial charge in [0.2, 0.25) is 6.23 Å². The number of halogens is 1. The zero-order chi connectivity index (χ0) is 15.1. The SMILES string of the molecule is CC[C@]1(CO)O[C@@H](n2ccc(N)nc2=O)[C@@](O)(F)[C@@H]1O. The van der Waals surface area contributed by atoms with Crippen molar-refractivity contribution in [1.29, 1.82) is 0 Å². The second kappa shape index (κ2) is 4.77. The molecule has 9 heteroatoms. The highest BCUT2D eigenvalue weighted by atomic mass is 19.2. The second-order valence-electron chi connectivity index (χ2n) is 4.72. The molecule has 2 rings (SSSR count). The molecule has 2 heterocycles. The molecule has 1 aliphatic heterocycles. The van der Waals surface area contributed by atoms with Gasteiger partial charge in [0.15, 0.2) is 0 Å². The number of anilines is 1. The van der Waals surface area contributed by atoms with E-state index in [1.807, 2.05) is 0 Å². The molecule has 5 N–H and O–H groups in total. The number of aliphatic hydroxyl groups excluding tert-OH is 2. The minimum absolute atomic E-state index is 0.0323. The van der Waals surface area contributed by atoms with Crippen LogP contribution in [0.4, 0.5) is 10.2 Å². The Hall–Kier alpha value is -1.55. The number of hydrogen-bond acceptors (Lipinski definition) is 7. The lowest BCUT2D eigenvalue weighted by Crippen LogP contribution is -2.50. The zero-order valence-electron chi connectivity index (χ0n) is 10.7. The number of alkyl halides is 1. The molecule has 1 saturated heterocycles. The summed E-state index contributed by atoms with van der Waals surface area (Å²) >= 11 is 0. The zero-order valence-corrected chi connectivity index (χ0v) is 10.7. The number of aliphatic hydroxyl groups is 3. The van der Waals surface area contributed by atoms with Gasteiger partial charge in [-0.25, -0.2) is 9.18 Å². The van der Waals surface area contributed by atoms with E-state index in [-0.39, 0.29) is 12.2 Å². The third-order valence-corrected chi connectivity index (χ3v) is 3.54. The van der Waals surface area contributed by atoms with Crippen LogP contribution in [0, 0.1) is 0 Å². The van der Waals surface area contributed by atoms with E-state index in [2.05, 4.69) is 4.98 Å². The first kappa shape index (κ1) is 14.9. The van der Waals surface area contributed by atoms with E-state index in [0.29, 0.717) is 4.57 Å². The molecule has 0 bridgehead atoms. The molecular weight excluding hydrogens is 273 g/mol. The quantitative estimate of drug-likeness (QED) is 0.533. The summed E-state index contributed by atoms with van der Waals surface area (Å²) in [5, 5.41) is 29.0. The van der Waals surface area contributed by atoms with Crippen LogP contribution in [-0.2, 0) is 4.74 Å². The van der Waals surface area contributed by atoms with Crippen LogP contribution in [0.2, 0.25) is 0 Å². The first-order valence-electron chi connectivity index (χ1n) is 6.01. The molecule has 0 amide bonds. The molecule has 0 spiro atoms. The predicted octanol–water partition coefficient (Wildman–Crippen LogP) is -1.49. The van der Waals surface area contributed by atoms with Gasteiger partial charge in [0.1, 0.15) is 17.5 Å². The first-order valence-corrected chi connectivity index (χ1v) is 6.01. The van der Waals surface area contributed by atoms with Crippen molar-refractivity contribution in [1.82, 2.24) is 9.55 Å². The lowest BCUT2D eigenvalue weighted by atomic mass is 9.92. The molecule has 112 valence electrons. The maximum atomic E-state index is 14.4. The minimum atomic E-state index is -3.25. The number of nitrogen functional groups attached to an aromatic ring is 1. The number of nitrogens with two attached hydrogens (primary N) is 1. The summed E-state index contributed by atoms with van der Waals surface area (Å²) < 4.78 is 20.3. The maximum absolute atomic E-state index is 14.4. The molecule has 1 aromatic rings. The van der Waals surface area contributed by atoms with Crippen molar-refractivity contribution in [3.8, 4) is 0 Å². The third kappa shape index (κ3) is 1.99. The van der Waals surface area contributed by atoms with Gasteiger partial charge in [0.05, 0.1) is 6.61 Å². The van der Waals surface area contributed by atoms with E-state index in [0.717, 1.165) is 6.20 Å². The van der Waals surface area contributed by atoms with Crippen LogP contribution in [0.1, 0.15) is 19.6 Å². The van der Waals surface area contributed by atoms with E-state index in [4.69, 9.17) is 10.5 Å². The van der Waals surface area contributed by atoms with Crippen molar-refractivity contribution >= 4 is 5.82 Å². The number of aromatic nitrogens is 2. The highest BCUT2D eigenvalue weighted by Crippen LogP contribution is 2.46.